The second kappa shape index (κ2) is 12.2. The molecule has 0 fully saturated rings. The fourth-order valence-electron chi connectivity index (χ4n) is 8.08. The highest BCUT2D eigenvalue weighted by Gasteiger charge is 2.16. The molecule has 0 unspecified atom stereocenters. The number of hydrogen-bond acceptors (Lipinski definition) is 3. The molecule has 0 radical (unpaired) electrons. The highest BCUT2D eigenvalue weighted by molar-refractivity contribution is 7.26. The van der Waals surface area contributed by atoms with Crippen LogP contribution in [0.15, 0.2) is 188 Å². The van der Waals surface area contributed by atoms with Gasteiger partial charge in [-0.15, -0.1) is 22.7 Å². The molecule has 2 aromatic heterocycles. The van der Waals surface area contributed by atoms with Crippen molar-refractivity contribution >= 4 is 102 Å². The molecule has 0 saturated heterocycles. The zero-order valence-electron chi connectivity index (χ0n) is 28.7. The SMILES string of the molecule is c1ccc(N(c2ccc(-c3ccc(-c4ccc5sc6ccc7ccccc7c6c5c4)cc3)cc2)c2ccc3sc4ccc5ccccc5c4c3c2)cc1. The van der Waals surface area contributed by atoms with Crippen LogP contribution in [0.5, 0.6) is 0 Å². The van der Waals surface area contributed by atoms with Crippen LogP contribution in [0.3, 0.4) is 0 Å². The van der Waals surface area contributed by atoms with Gasteiger partial charge in [0.15, 0.2) is 0 Å². The molecule has 2 heterocycles. The van der Waals surface area contributed by atoms with Gasteiger partial charge in [-0.25, -0.2) is 0 Å². The van der Waals surface area contributed by atoms with Gasteiger partial charge in [0.25, 0.3) is 0 Å². The van der Waals surface area contributed by atoms with Crippen LogP contribution in [-0.4, -0.2) is 0 Å². The van der Waals surface area contributed by atoms with Crippen LogP contribution in [0.4, 0.5) is 17.1 Å². The standard InChI is InChI=1S/C50H31NS2/c1-2-10-38(11-3-1)51(40-25-29-46-44(31-40)50-42-13-7-5-9-36(42)21-28-48(50)53-46)39-23-18-33(19-24-39)32-14-16-34(17-15-32)37-22-26-45-43(30-37)49-41-12-6-4-8-35(41)20-27-47(49)52-45/h1-31H. The summed E-state index contributed by atoms with van der Waals surface area (Å²) in [6.45, 7) is 0. The first-order valence-corrected chi connectivity index (χ1v) is 19.6. The van der Waals surface area contributed by atoms with E-state index in [-0.39, 0.29) is 0 Å². The van der Waals surface area contributed by atoms with Crippen LogP contribution >= 0.6 is 22.7 Å². The lowest BCUT2D eigenvalue weighted by Gasteiger charge is -2.26. The van der Waals surface area contributed by atoms with Crippen molar-refractivity contribution in [2.24, 2.45) is 0 Å². The average molecular weight is 710 g/mol. The van der Waals surface area contributed by atoms with Gasteiger partial charge in [0.05, 0.1) is 0 Å². The van der Waals surface area contributed by atoms with Crippen molar-refractivity contribution in [1.29, 1.82) is 0 Å². The molecule has 0 aliphatic carbocycles. The Morgan fingerprint density at radius 3 is 1.34 bits per heavy atom. The van der Waals surface area contributed by atoms with E-state index in [2.05, 4.69) is 193 Å². The fraction of sp³-hybridized carbons (Fsp3) is 0. The molecule has 0 atom stereocenters. The first-order chi connectivity index (χ1) is 26.2. The Labute approximate surface area is 315 Å². The Balaban J connectivity index is 0.948. The van der Waals surface area contributed by atoms with E-state index in [1.807, 2.05) is 22.7 Å². The molecule has 0 bridgehead atoms. The molecule has 1 nitrogen and oxygen atoms in total. The molecule has 0 aliphatic heterocycles. The lowest BCUT2D eigenvalue weighted by atomic mass is 9.98. The zero-order valence-corrected chi connectivity index (χ0v) is 30.3. The highest BCUT2D eigenvalue weighted by atomic mass is 32.1. The van der Waals surface area contributed by atoms with Crippen molar-refractivity contribution < 1.29 is 0 Å². The molecule has 0 saturated carbocycles. The van der Waals surface area contributed by atoms with Gasteiger partial charge in [0.1, 0.15) is 0 Å². The molecule has 0 amide bonds. The molecule has 0 N–H and O–H groups in total. The number of thiophene rings is 2. The Hall–Kier alpha value is -6.26. The number of rotatable bonds is 5. The molecule has 53 heavy (non-hydrogen) atoms. The summed E-state index contributed by atoms with van der Waals surface area (Å²) in [5, 5.41) is 10.5. The summed E-state index contributed by atoms with van der Waals surface area (Å²) in [6, 6.07) is 69.1. The minimum absolute atomic E-state index is 1.13. The number of para-hydroxylation sites is 1. The number of nitrogens with zero attached hydrogens (tertiary/aromatic N) is 1. The minimum Gasteiger partial charge on any atom is -0.310 e. The van der Waals surface area contributed by atoms with Crippen molar-refractivity contribution in [3.8, 4) is 22.3 Å². The summed E-state index contributed by atoms with van der Waals surface area (Å²) in [4.78, 5) is 2.37. The van der Waals surface area contributed by atoms with Gasteiger partial charge in [-0.2, -0.15) is 0 Å². The van der Waals surface area contributed by atoms with Gasteiger partial charge >= 0.3 is 0 Å². The predicted octanol–water partition coefficient (Wildman–Crippen LogP) is 15.5. The summed E-state index contributed by atoms with van der Waals surface area (Å²) < 4.78 is 5.31. The van der Waals surface area contributed by atoms with E-state index in [4.69, 9.17) is 0 Å². The van der Waals surface area contributed by atoms with E-state index >= 15 is 0 Å². The largest absolute Gasteiger partial charge is 0.310 e. The van der Waals surface area contributed by atoms with Crippen molar-refractivity contribution in [3.63, 3.8) is 0 Å². The average Bonchev–Trinajstić information content (AvgIpc) is 3.80. The Kier molecular flexibility index (Phi) is 6.97. The number of fused-ring (bicyclic) bond motifs is 10. The molecule has 0 aliphatic rings. The molecular weight excluding hydrogens is 679 g/mol. The minimum atomic E-state index is 1.13. The molecule has 11 aromatic rings. The number of benzene rings is 9. The lowest BCUT2D eigenvalue weighted by Crippen LogP contribution is -2.09. The first-order valence-electron chi connectivity index (χ1n) is 18.0. The maximum Gasteiger partial charge on any atom is 0.0468 e. The van der Waals surface area contributed by atoms with Crippen LogP contribution in [-0.2, 0) is 0 Å². The summed E-state index contributed by atoms with van der Waals surface area (Å²) in [5.41, 5.74) is 8.29. The zero-order chi connectivity index (χ0) is 34.9. The highest BCUT2D eigenvalue weighted by Crippen LogP contribution is 2.44. The third-order valence-corrected chi connectivity index (χ3v) is 12.9. The summed E-state index contributed by atoms with van der Waals surface area (Å²) >= 11 is 3.75. The topological polar surface area (TPSA) is 3.24 Å². The van der Waals surface area contributed by atoms with Crippen LogP contribution in [0.1, 0.15) is 0 Å². The molecule has 248 valence electrons. The van der Waals surface area contributed by atoms with Gasteiger partial charge < -0.3 is 4.90 Å². The third kappa shape index (κ3) is 5.04. The van der Waals surface area contributed by atoms with E-state index in [9.17, 15) is 0 Å². The van der Waals surface area contributed by atoms with Gasteiger partial charge in [-0.05, 0) is 111 Å². The smallest absolute Gasteiger partial charge is 0.0468 e. The van der Waals surface area contributed by atoms with Crippen LogP contribution in [0.2, 0.25) is 0 Å². The monoisotopic (exact) mass is 709 g/mol. The fourth-order valence-corrected chi connectivity index (χ4v) is 10.3. The van der Waals surface area contributed by atoms with Crippen molar-refractivity contribution in [2.75, 3.05) is 4.90 Å². The first kappa shape index (κ1) is 30.4. The third-order valence-electron chi connectivity index (χ3n) is 10.7. The molecule has 9 aromatic carbocycles. The van der Waals surface area contributed by atoms with Crippen LogP contribution in [0.25, 0.3) is 84.1 Å². The number of hydrogen-bond donors (Lipinski definition) is 0. The molecular formula is C50H31NS2. The van der Waals surface area contributed by atoms with E-state index in [1.165, 1.54) is 84.1 Å². The summed E-state index contributed by atoms with van der Waals surface area (Å²) in [7, 11) is 0. The van der Waals surface area contributed by atoms with Gasteiger partial charge in [-0.3, -0.25) is 0 Å². The van der Waals surface area contributed by atoms with Gasteiger partial charge in [0, 0.05) is 57.4 Å². The summed E-state index contributed by atoms with van der Waals surface area (Å²) in [5.74, 6) is 0. The van der Waals surface area contributed by atoms with Gasteiger partial charge in [-0.1, -0.05) is 121 Å². The molecule has 3 heteroatoms. The predicted molar refractivity (Wildman–Crippen MR) is 233 cm³/mol. The number of anilines is 3. The van der Waals surface area contributed by atoms with Crippen LogP contribution in [0, 0.1) is 0 Å². The maximum atomic E-state index is 2.38. The van der Waals surface area contributed by atoms with E-state index < -0.39 is 0 Å². The quantitative estimate of drug-likeness (QED) is 0.172. The van der Waals surface area contributed by atoms with Crippen molar-refractivity contribution in [2.45, 2.75) is 0 Å². The van der Waals surface area contributed by atoms with E-state index in [0.717, 1.165) is 17.1 Å². The van der Waals surface area contributed by atoms with E-state index in [1.54, 1.807) is 0 Å². The lowest BCUT2D eigenvalue weighted by molar-refractivity contribution is 1.29. The van der Waals surface area contributed by atoms with Gasteiger partial charge in [0.2, 0.25) is 0 Å². The second-order valence-electron chi connectivity index (χ2n) is 13.7. The van der Waals surface area contributed by atoms with Crippen molar-refractivity contribution in [1.82, 2.24) is 0 Å². The Morgan fingerprint density at radius 2 is 0.717 bits per heavy atom. The summed E-state index contributed by atoms with van der Waals surface area (Å²) in [6.07, 6.45) is 0. The van der Waals surface area contributed by atoms with Crippen molar-refractivity contribution in [3.05, 3.63) is 188 Å². The van der Waals surface area contributed by atoms with Crippen LogP contribution < -0.4 is 4.90 Å². The molecule has 11 rings (SSSR count). The maximum absolute atomic E-state index is 2.38. The van der Waals surface area contributed by atoms with E-state index in [0.29, 0.717) is 0 Å². The Morgan fingerprint density at radius 1 is 0.283 bits per heavy atom. The Bertz CT molecular complexity index is 3150. The second-order valence-corrected chi connectivity index (χ2v) is 15.9. The normalized spacial score (nSPS) is 11.8. The molecule has 0 spiro atoms.